The number of amides is 1. The average Bonchev–Trinajstić information content (AvgIpc) is 2.74. The summed E-state index contributed by atoms with van der Waals surface area (Å²) in [6, 6.07) is 3.55. The number of alkyl carbamates (subject to hydrolysis) is 1. The minimum Gasteiger partial charge on any atom is -0.495 e. The van der Waals surface area contributed by atoms with Crippen molar-refractivity contribution in [2.24, 2.45) is 5.73 Å². The second-order valence-corrected chi connectivity index (χ2v) is 4.65. The number of hydrogen-bond donors (Lipinski definition) is 2. The summed E-state index contributed by atoms with van der Waals surface area (Å²) in [5.41, 5.74) is 6.63. The summed E-state index contributed by atoms with van der Waals surface area (Å²) in [7, 11) is 1.55. The highest BCUT2D eigenvalue weighted by Crippen LogP contribution is 2.36. The third kappa shape index (κ3) is 2.00. The van der Waals surface area contributed by atoms with Gasteiger partial charge in [0.2, 0.25) is 0 Å². The predicted octanol–water partition coefficient (Wildman–Crippen LogP) is 1.55. The number of hydrogen-bond acceptors (Lipinski definition) is 4. The Hall–Kier alpha value is -1.46. The van der Waals surface area contributed by atoms with Crippen LogP contribution in [0.1, 0.15) is 11.1 Å². The summed E-state index contributed by atoms with van der Waals surface area (Å²) in [6.07, 6.45) is -0.466. The Kier molecular flexibility index (Phi) is 3.36. The zero-order valence-electron chi connectivity index (χ0n) is 10.2. The van der Waals surface area contributed by atoms with Gasteiger partial charge in [0.15, 0.2) is 5.60 Å². The van der Waals surface area contributed by atoms with Gasteiger partial charge in [-0.15, -0.1) is 0 Å². The van der Waals surface area contributed by atoms with Crippen LogP contribution in [0.2, 0.25) is 5.02 Å². The quantitative estimate of drug-likeness (QED) is 0.874. The Morgan fingerprint density at radius 3 is 2.83 bits per heavy atom. The number of halogens is 1. The Balaban J connectivity index is 2.50. The molecule has 1 unspecified atom stereocenters. The van der Waals surface area contributed by atoms with Gasteiger partial charge in [0.25, 0.3) is 0 Å². The molecule has 6 heteroatoms. The molecule has 1 atom stereocenters. The number of cyclic esters (lactones) is 1. The molecule has 1 aliphatic heterocycles. The monoisotopic (exact) mass is 270 g/mol. The summed E-state index contributed by atoms with van der Waals surface area (Å²) >= 11 is 6.11. The Bertz CT molecular complexity index is 492. The van der Waals surface area contributed by atoms with E-state index in [1.165, 1.54) is 0 Å². The standard InChI is InChI=1S/C12H15ClN2O3/c1-7-3-10(17-2)9(13)4-8(7)12(5-14)6-15-11(16)18-12/h3-4H,5-6,14H2,1-2H3,(H,15,16). The fraction of sp³-hybridized carbons (Fsp3) is 0.417. The fourth-order valence-corrected chi connectivity index (χ4v) is 2.38. The van der Waals surface area contributed by atoms with Gasteiger partial charge in [-0.3, -0.25) is 0 Å². The molecular weight excluding hydrogens is 256 g/mol. The molecule has 0 aromatic heterocycles. The lowest BCUT2D eigenvalue weighted by Gasteiger charge is -2.27. The van der Waals surface area contributed by atoms with Gasteiger partial charge in [-0.25, -0.2) is 4.79 Å². The molecular formula is C12H15ClN2O3. The molecule has 1 aliphatic rings. The molecule has 0 aliphatic carbocycles. The van der Waals surface area contributed by atoms with Gasteiger partial charge in [-0.2, -0.15) is 0 Å². The lowest BCUT2D eigenvalue weighted by atomic mass is 9.90. The van der Waals surface area contributed by atoms with E-state index in [0.717, 1.165) is 11.1 Å². The van der Waals surface area contributed by atoms with E-state index in [-0.39, 0.29) is 6.54 Å². The fourth-order valence-electron chi connectivity index (χ4n) is 2.14. The second kappa shape index (κ2) is 4.66. The van der Waals surface area contributed by atoms with Crippen LogP contribution in [0.4, 0.5) is 4.79 Å². The number of methoxy groups -OCH3 is 1. The molecule has 0 radical (unpaired) electrons. The summed E-state index contributed by atoms with van der Waals surface area (Å²) in [4.78, 5) is 11.3. The molecule has 1 amide bonds. The first-order valence-corrected chi connectivity index (χ1v) is 5.92. The zero-order valence-corrected chi connectivity index (χ0v) is 11.0. The highest BCUT2D eigenvalue weighted by Gasteiger charge is 2.42. The number of carbonyl (C=O) groups excluding carboxylic acids is 1. The molecule has 3 N–H and O–H groups in total. The first kappa shape index (κ1) is 13.0. The molecule has 0 bridgehead atoms. The summed E-state index contributed by atoms with van der Waals surface area (Å²) in [6.45, 7) is 2.43. The number of rotatable bonds is 3. The highest BCUT2D eigenvalue weighted by atomic mass is 35.5. The molecule has 1 saturated heterocycles. The summed E-state index contributed by atoms with van der Waals surface area (Å²) in [5, 5.41) is 3.09. The van der Waals surface area contributed by atoms with Crippen molar-refractivity contribution in [2.75, 3.05) is 20.2 Å². The SMILES string of the molecule is COc1cc(C)c(C2(CN)CNC(=O)O2)cc1Cl. The Morgan fingerprint density at radius 2 is 2.33 bits per heavy atom. The van der Waals surface area contributed by atoms with Crippen LogP contribution in [-0.2, 0) is 10.3 Å². The van der Waals surface area contributed by atoms with E-state index in [4.69, 9.17) is 26.8 Å². The second-order valence-electron chi connectivity index (χ2n) is 4.24. The van der Waals surface area contributed by atoms with Crippen LogP contribution in [0.25, 0.3) is 0 Å². The van der Waals surface area contributed by atoms with Gasteiger partial charge < -0.3 is 20.5 Å². The molecule has 1 heterocycles. The number of carbonyl (C=O) groups is 1. The molecule has 0 spiro atoms. The van der Waals surface area contributed by atoms with Crippen molar-refractivity contribution < 1.29 is 14.3 Å². The third-order valence-electron chi connectivity index (χ3n) is 3.13. The van der Waals surface area contributed by atoms with E-state index in [1.54, 1.807) is 19.2 Å². The third-order valence-corrected chi connectivity index (χ3v) is 3.42. The minimum atomic E-state index is -0.850. The van der Waals surface area contributed by atoms with Gasteiger partial charge in [0.05, 0.1) is 18.7 Å². The Morgan fingerprint density at radius 1 is 1.61 bits per heavy atom. The lowest BCUT2D eigenvalue weighted by Crippen LogP contribution is -2.39. The van der Waals surface area contributed by atoms with Gasteiger partial charge in [-0.05, 0) is 24.6 Å². The van der Waals surface area contributed by atoms with Crippen LogP contribution < -0.4 is 15.8 Å². The van der Waals surface area contributed by atoms with Crippen LogP contribution >= 0.6 is 11.6 Å². The first-order chi connectivity index (χ1) is 8.52. The van der Waals surface area contributed by atoms with Crippen LogP contribution in [-0.4, -0.2) is 26.3 Å². The summed E-state index contributed by atoms with van der Waals surface area (Å²) in [5.74, 6) is 0.586. The average molecular weight is 271 g/mol. The van der Waals surface area contributed by atoms with Crippen LogP contribution in [0.15, 0.2) is 12.1 Å². The zero-order chi connectivity index (χ0) is 13.3. The topological polar surface area (TPSA) is 73.6 Å². The highest BCUT2D eigenvalue weighted by molar-refractivity contribution is 6.32. The number of nitrogens with two attached hydrogens (primary N) is 1. The maximum absolute atomic E-state index is 11.3. The number of nitrogens with one attached hydrogen (secondary N) is 1. The van der Waals surface area contributed by atoms with Crippen LogP contribution in [0, 0.1) is 6.92 Å². The number of benzene rings is 1. The molecule has 5 nitrogen and oxygen atoms in total. The van der Waals surface area contributed by atoms with Crippen LogP contribution in [0.3, 0.4) is 0 Å². The number of aryl methyl sites for hydroxylation is 1. The molecule has 98 valence electrons. The van der Waals surface area contributed by atoms with E-state index in [1.807, 2.05) is 6.92 Å². The molecule has 1 aromatic rings. The van der Waals surface area contributed by atoms with Crippen LogP contribution in [0.5, 0.6) is 5.75 Å². The van der Waals surface area contributed by atoms with Crippen molar-refractivity contribution in [3.8, 4) is 5.75 Å². The van der Waals surface area contributed by atoms with Crippen molar-refractivity contribution in [1.82, 2.24) is 5.32 Å². The van der Waals surface area contributed by atoms with E-state index in [9.17, 15) is 4.79 Å². The first-order valence-electron chi connectivity index (χ1n) is 5.54. The van der Waals surface area contributed by atoms with E-state index in [0.29, 0.717) is 17.3 Å². The maximum atomic E-state index is 11.3. The predicted molar refractivity (Wildman–Crippen MR) is 68.0 cm³/mol. The molecule has 1 fully saturated rings. The smallest absolute Gasteiger partial charge is 0.408 e. The van der Waals surface area contributed by atoms with Gasteiger partial charge in [-0.1, -0.05) is 11.6 Å². The van der Waals surface area contributed by atoms with E-state index in [2.05, 4.69) is 5.32 Å². The van der Waals surface area contributed by atoms with Crippen molar-refractivity contribution in [3.63, 3.8) is 0 Å². The van der Waals surface area contributed by atoms with E-state index >= 15 is 0 Å². The molecule has 18 heavy (non-hydrogen) atoms. The van der Waals surface area contributed by atoms with Crippen molar-refractivity contribution >= 4 is 17.7 Å². The van der Waals surface area contributed by atoms with Crippen molar-refractivity contribution in [3.05, 3.63) is 28.3 Å². The normalized spacial score (nSPS) is 22.6. The van der Waals surface area contributed by atoms with Crippen molar-refractivity contribution in [1.29, 1.82) is 0 Å². The van der Waals surface area contributed by atoms with Gasteiger partial charge >= 0.3 is 6.09 Å². The van der Waals surface area contributed by atoms with Gasteiger partial charge in [0.1, 0.15) is 5.75 Å². The molecule has 0 saturated carbocycles. The largest absolute Gasteiger partial charge is 0.495 e. The summed E-state index contributed by atoms with van der Waals surface area (Å²) < 4.78 is 10.5. The minimum absolute atomic E-state index is 0.190. The Labute approximate surface area is 110 Å². The lowest BCUT2D eigenvalue weighted by molar-refractivity contribution is 0.0612. The molecule has 1 aromatic carbocycles. The number of ether oxygens (including phenoxy) is 2. The van der Waals surface area contributed by atoms with Crippen molar-refractivity contribution in [2.45, 2.75) is 12.5 Å². The maximum Gasteiger partial charge on any atom is 0.408 e. The van der Waals surface area contributed by atoms with E-state index < -0.39 is 11.7 Å². The molecule has 2 rings (SSSR count). The van der Waals surface area contributed by atoms with Gasteiger partial charge in [0, 0.05) is 12.1 Å².